The first-order valence-electron chi connectivity index (χ1n) is 5.23. The van der Waals surface area contributed by atoms with E-state index in [2.05, 4.69) is 15.5 Å². The minimum absolute atomic E-state index is 0.262. The molecule has 1 fully saturated rings. The number of aromatic nitrogens is 2. The number of ether oxygens (including phenoxy) is 1. The van der Waals surface area contributed by atoms with Crippen molar-refractivity contribution in [3.05, 3.63) is 22.5 Å². The molecule has 1 aromatic heterocycles. The van der Waals surface area contributed by atoms with Crippen LogP contribution in [0.3, 0.4) is 0 Å². The van der Waals surface area contributed by atoms with Gasteiger partial charge in [0.15, 0.2) is 5.82 Å². The Morgan fingerprint density at radius 1 is 1.71 bits per heavy atom. The minimum atomic E-state index is -0.766. The lowest BCUT2D eigenvalue weighted by Crippen LogP contribution is -2.47. The van der Waals surface area contributed by atoms with Gasteiger partial charge in [0.25, 0.3) is 5.56 Å². The molecule has 1 amide bonds. The van der Waals surface area contributed by atoms with Gasteiger partial charge in [-0.25, -0.2) is 5.10 Å². The maximum absolute atomic E-state index is 12.0. The summed E-state index contributed by atoms with van der Waals surface area (Å²) in [5.41, 5.74) is 4.74. The van der Waals surface area contributed by atoms with Crippen molar-refractivity contribution in [2.75, 3.05) is 18.5 Å². The molecular weight excluding hydrogens is 224 g/mol. The number of nitrogens with one attached hydrogen (secondary N) is 2. The molecule has 4 N–H and O–H groups in total. The fraction of sp³-hybridized carbons (Fsp3) is 0.500. The highest BCUT2D eigenvalue weighted by atomic mass is 16.5. The van der Waals surface area contributed by atoms with Crippen LogP contribution in [0.1, 0.15) is 6.92 Å². The van der Waals surface area contributed by atoms with Crippen molar-refractivity contribution < 1.29 is 9.53 Å². The van der Waals surface area contributed by atoms with E-state index in [1.165, 1.54) is 12.1 Å². The van der Waals surface area contributed by atoms with Gasteiger partial charge in [0.1, 0.15) is 0 Å². The van der Waals surface area contributed by atoms with E-state index in [1.807, 2.05) is 0 Å². The van der Waals surface area contributed by atoms with Crippen molar-refractivity contribution in [3.8, 4) is 0 Å². The molecule has 0 aromatic carbocycles. The average molecular weight is 238 g/mol. The number of carbonyl (C=O) groups excluding carboxylic acids is 1. The van der Waals surface area contributed by atoms with Gasteiger partial charge < -0.3 is 15.8 Å². The average Bonchev–Trinajstić information content (AvgIpc) is 2.64. The van der Waals surface area contributed by atoms with Gasteiger partial charge >= 0.3 is 0 Å². The number of aromatic amines is 1. The van der Waals surface area contributed by atoms with Crippen LogP contribution in [-0.4, -0.2) is 35.4 Å². The van der Waals surface area contributed by atoms with Gasteiger partial charge in [-0.05, 0) is 13.0 Å². The summed E-state index contributed by atoms with van der Waals surface area (Å²) in [7, 11) is 0. The largest absolute Gasteiger partial charge is 0.379 e. The smallest absolute Gasteiger partial charge is 0.264 e. The van der Waals surface area contributed by atoms with E-state index >= 15 is 0 Å². The van der Waals surface area contributed by atoms with Crippen LogP contribution < -0.4 is 16.6 Å². The van der Waals surface area contributed by atoms with Crippen LogP contribution in [0.5, 0.6) is 0 Å². The summed E-state index contributed by atoms with van der Waals surface area (Å²) in [5, 5.41) is 8.53. The van der Waals surface area contributed by atoms with Crippen molar-refractivity contribution in [2.45, 2.75) is 13.0 Å². The molecule has 0 saturated carbocycles. The van der Waals surface area contributed by atoms with E-state index in [4.69, 9.17) is 10.5 Å². The van der Waals surface area contributed by atoms with Gasteiger partial charge in [-0.1, -0.05) is 0 Å². The van der Waals surface area contributed by atoms with Crippen molar-refractivity contribution in [3.63, 3.8) is 0 Å². The molecule has 0 aliphatic carbocycles. The lowest BCUT2D eigenvalue weighted by molar-refractivity contribution is -0.125. The van der Waals surface area contributed by atoms with Crippen LogP contribution >= 0.6 is 0 Å². The quantitative estimate of drug-likeness (QED) is 0.616. The molecule has 92 valence electrons. The number of H-pyrrole nitrogens is 1. The lowest BCUT2D eigenvalue weighted by Gasteiger charge is -2.24. The normalized spacial score (nSPS) is 28.0. The van der Waals surface area contributed by atoms with E-state index in [9.17, 15) is 9.59 Å². The number of hydrogen-bond donors (Lipinski definition) is 3. The predicted molar refractivity (Wildman–Crippen MR) is 60.4 cm³/mol. The number of amides is 1. The number of anilines is 1. The SMILES string of the molecule is CC1(C(=O)Nc2ccc(=O)[nH]n2)COCC1N. The van der Waals surface area contributed by atoms with E-state index in [1.54, 1.807) is 6.92 Å². The molecule has 2 heterocycles. The van der Waals surface area contributed by atoms with Crippen molar-refractivity contribution in [2.24, 2.45) is 11.1 Å². The standard InChI is InChI=1S/C10H14N4O3/c1-10(5-17-4-6(10)11)9(16)12-7-2-3-8(15)14-13-7/h2-3,6H,4-5,11H2,1H3,(H,14,15)(H,12,13,16). The van der Waals surface area contributed by atoms with Gasteiger partial charge in [-0.3, -0.25) is 9.59 Å². The summed E-state index contributed by atoms with van der Waals surface area (Å²) in [4.78, 5) is 22.8. The zero-order valence-electron chi connectivity index (χ0n) is 9.40. The van der Waals surface area contributed by atoms with Crippen LogP contribution in [-0.2, 0) is 9.53 Å². The number of rotatable bonds is 2. The zero-order chi connectivity index (χ0) is 12.5. The first-order chi connectivity index (χ1) is 8.02. The summed E-state index contributed by atoms with van der Waals surface area (Å²) in [6.45, 7) is 2.39. The third-order valence-electron chi connectivity index (χ3n) is 2.96. The molecule has 1 aliphatic rings. The molecule has 7 nitrogen and oxygen atoms in total. The molecule has 0 bridgehead atoms. The van der Waals surface area contributed by atoms with E-state index in [0.717, 1.165) is 0 Å². The second-order valence-corrected chi connectivity index (χ2v) is 4.30. The third kappa shape index (κ3) is 2.20. The number of nitrogens with two attached hydrogens (primary N) is 1. The van der Waals surface area contributed by atoms with Crippen LogP contribution in [0.2, 0.25) is 0 Å². The number of nitrogens with zero attached hydrogens (tertiary/aromatic N) is 1. The molecule has 1 aliphatic heterocycles. The van der Waals surface area contributed by atoms with Crippen LogP contribution in [0.25, 0.3) is 0 Å². The van der Waals surface area contributed by atoms with Gasteiger partial charge in [-0.2, -0.15) is 5.10 Å². The Morgan fingerprint density at radius 3 is 3.00 bits per heavy atom. The van der Waals surface area contributed by atoms with Crippen LogP contribution in [0, 0.1) is 5.41 Å². The third-order valence-corrected chi connectivity index (χ3v) is 2.96. The molecule has 2 rings (SSSR count). The first-order valence-corrected chi connectivity index (χ1v) is 5.23. The molecule has 0 spiro atoms. The molecular formula is C10H14N4O3. The maximum Gasteiger partial charge on any atom is 0.264 e. The second kappa shape index (κ2) is 4.27. The van der Waals surface area contributed by atoms with Gasteiger partial charge in [0.05, 0.1) is 18.6 Å². The monoisotopic (exact) mass is 238 g/mol. The Morgan fingerprint density at radius 2 is 2.47 bits per heavy atom. The Hall–Kier alpha value is -1.73. The molecule has 1 aromatic rings. The molecule has 2 atom stereocenters. The molecule has 17 heavy (non-hydrogen) atoms. The fourth-order valence-electron chi connectivity index (χ4n) is 1.60. The van der Waals surface area contributed by atoms with Gasteiger partial charge in [0, 0.05) is 12.1 Å². The highest BCUT2D eigenvalue weighted by molar-refractivity contribution is 5.95. The minimum Gasteiger partial charge on any atom is -0.379 e. The van der Waals surface area contributed by atoms with Crippen molar-refractivity contribution >= 4 is 11.7 Å². The summed E-state index contributed by atoms with van der Waals surface area (Å²) >= 11 is 0. The Balaban J connectivity index is 2.11. The summed E-state index contributed by atoms with van der Waals surface area (Å²) < 4.78 is 5.19. The topological polar surface area (TPSA) is 110 Å². The van der Waals surface area contributed by atoms with Crippen LogP contribution in [0.15, 0.2) is 16.9 Å². The number of hydrogen-bond acceptors (Lipinski definition) is 5. The van der Waals surface area contributed by atoms with E-state index < -0.39 is 5.41 Å². The molecule has 2 unspecified atom stereocenters. The van der Waals surface area contributed by atoms with Crippen LogP contribution in [0.4, 0.5) is 5.82 Å². The second-order valence-electron chi connectivity index (χ2n) is 4.30. The summed E-state index contributed by atoms with van der Waals surface area (Å²) in [6, 6.07) is 2.38. The van der Waals surface area contributed by atoms with Crippen molar-refractivity contribution in [1.82, 2.24) is 10.2 Å². The molecule has 1 saturated heterocycles. The zero-order valence-corrected chi connectivity index (χ0v) is 9.40. The predicted octanol–water partition coefficient (Wildman–Crippen LogP) is -0.928. The summed E-state index contributed by atoms with van der Waals surface area (Å²) in [6.07, 6.45) is 0. The Labute approximate surface area is 97.3 Å². The fourth-order valence-corrected chi connectivity index (χ4v) is 1.60. The highest BCUT2D eigenvalue weighted by Gasteiger charge is 2.44. The van der Waals surface area contributed by atoms with E-state index in [0.29, 0.717) is 6.61 Å². The summed E-state index contributed by atoms with van der Waals surface area (Å²) in [5.74, 6) is 0.0250. The Kier molecular flexibility index (Phi) is 2.95. The van der Waals surface area contributed by atoms with Gasteiger partial charge in [0.2, 0.25) is 5.91 Å². The Bertz CT molecular complexity index is 466. The number of carbonyl (C=O) groups is 1. The van der Waals surface area contributed by atoms with Crippen molar-refractivity contribution in [1.29, 1.82) is 0 Å². The molecule has 0 radical (unpaired) electrons. The first kappa shape index (κ1) is 11.7. The maximum atomic E-state index is 12.0. The molecule has 7 heteroatoms. The highest BCUT2D eigenvalue weighted by Crippen LogP contribution is 2.28. The lowest BCUT2D eigenvalue weighted by atomic mass is 9.85. The van der Waals surface area contributed by atoms with E-state index in [-0.39, 0.29) is 29.9 Å². The van der Waals surface area contributed by atoms with Gasteiger partial charge in [-0.15, -0.1) is 0 Å².